The molecule has 0 aliphatic heterocycles. The van der Waals surface area contributed by atoms with Crippen LogP contribution in [0, 0.1) is 49.6 Å². The second kappa shape index (κ2) is 46.1. The summed E-state index contributed by atoms with van der Waals surface area (Å²) in [6.45, 7) is 35.0. The molecule has 0 aliphatic carbocycles. The van der Waals surface area contributed by atoms with E-state index in [1.54, 1.807) is 68.6 Å². The number of hydrogen-bond acceptors (Lipinski definition) is 24. The molecule has 44 heteroatoms. The van der Waals surface area contributed by atoms with Gasteiger partial charge < -0.3 is 69.0 Å². The summed E-state index contributed by atoms with van der Waals surface area (Å²) in [5.41, 5.74) is 6.68. The molecule has 0 fully saturated rings. The van der Waals surface area contributed by atoms with Crippen molar-refractivity contribution >= 4 is 93.0 Å². The van der Waals surface area contributed by atoms with Gasteiger partial charge in [0.2, 0.25) is 0 Å². The van der Waals surface area contributed by atoms with Crippen LogP contribution in [0.5, 0.6) is 0 Å². The predicted octanol–water partition coefficient (Wildman–Crippen LogP) is 6.58. The average Bonchev–Trinajstić information content (AvgIpc) is 1.33. The van der Waals surface area contributed by atoms with E-state index in [2.05, 4.69) is 328 Å². The molecule has 0 amide bonds. The first-order chi connectivity index (χ1) is 63.9. The van der Waals surface area contributed by atoms with Crippen LogP contribution in [-0.2, 0) is 116 Å². The third-order valence-electron chi connectivity index (χ3n) is 22.0. The van der Waals surface area contributed by atoms with Crippen molar-refractivity contribution in [2.75, 3.05) is 0 Å². The van der Waals surface area contributed by atoms with Crippen LogP contribution in [-0.4, -0.2) is 199 Å². The van der Waals surface area contributed by atoms with Crippen molar-refractivity contribution in [3.8, 4) is 69.1 Å². The molecular formula is C94H92N34Pt5Si5. The number of hydrogen-bond donors (Lipinski definition) is 0. The van der Waals surface area contributed by atoms with E-state index < -0.39 is 40.4 Å². The van der Waals surface area contributed by atoms with Crippen molar-refractivity contribution in [1.29, 1.82) is 0 Å². The second-order valence-corrected chi connectivity index (χ2v) is 56.8. The molecule has 0 saturated carbocycles. The SMILES string of the molecule is CC(C)(C)c1n[c-]n(-c2cccc([Si](C)(C)c3cccc(-n4[c-]nc(C(C)(C)C)n4)n3)n2)n1.C[Si](C)(c1[c-]c(-n2cccn2)ccc1)c1[c-]c(-n2cccn2)ccc1.C[Si](C)(c1[c-]c(-n2cncn2)ccc1)c1[c-]c(-n2cncn2)ccc1.C[Si](C)(c1cccc(-c2ccn[n-]2)n1)c1cccc(-c2ccn[n-]2)n1.C[Si](C)(c1ccnc(-n2[c-]ncn2)n1)c1ccnc(-n2[c-]ncn2)n1.[Pt+2].[Pt+2].[Pt+2].[Pt+2].[Pt+2]. The Bertz CT molecular complexity index is 6120. The minimum atomic E-state index is -2.22. The van der Waals surface area contributed by atoms with Gasteiger partial charge >= 0.3 is 105 Å². The first kappa shape index (κ1) is 106. The topological polar surface area (TPSA) is 377 Å². The molecule has 138 heavy (non-hydrogen) atoms. The maximum absolute atomic E-state index is 4.93. The van der Waals surface area contributed by atoms with Gasteiger partial charge in [0, 0.05) is 131 Å². The van der Waals surface area contributed by atoms with E-state index in [0.29, 0.717) is 23.5 Å². The summed E-state index contributed by atoms with van der Waals surface area (Å²) in [5, 5.41) is 61.0. The Kier molecular flexibility index (Phi) is 35.5. The predicted molar refractivity (Wildman–Crippen MR) is 515 cm³/mol. The third kappa shape index (κ3) is 24.9. The van der Waals surface area contributed by atoms with E-state index in [1.165, 1.54) is 55.4 Å². The summed E-state index contributed by atoms with van der Waals surface area (Å²) in [5.74, 6) is 3.72. The maximum atomic E-state index is 4.93. The molecule has 4 aromatic carbocycles. The van der Waals surface area contributed by atoms with Crippen LogP contribution in [0.3, 0.4) is 0 Å². The zero-order chi connectivity index (χ0) is 93.1. The van der Waals surface area contributed by atoms with Gasteiger partial charge in [-0.1, -0.05) is 167 Å². The molecule has 0 spiro atoms. The average molecular weight is 2810 g/mol. The summed E-state index contributed by atoms with van der Waals surface area (Å²) in [6, 6.07) is 74.4. The molecule has 0 bridgehead atoms. The molecule has 0 unspecified atom stereocenters. The first-order valence-electron chi connectivity index (χ1n) is 42.5. The quantitative estimate of drug-likeness (QED) is 0.0574. The molecular weight excluding hydrogens is 2720 g/mol. The Morgan fingerprint density at radius 3 is 0.942 bits per heavy atom. The number of aromatic nitrogens is 34. The van der Waals surface area contributed by atoms with Gasteiger partial charge in [-0.3, -0.25) is 39.3 Å². The Morgan fingerprint density at radius 1 is 0.297 bits per heavy atom. The van der Waals surface area contributed by atoms with E-state index in [0.717, 1.165) is 89.1 Å². The minimum Gasteiger partial charge on any atom is -0.574 e. The number of rotatable bonds is 20. The Morgan fingerprint density at radius 2 is 0.638 bits per heavy atom. The van der Waals surface area contributed by atoms with Gasteiger partial charge in [-0.05, 0) is 94.2 Å². The molecule has 16 heterocycles. The fraction of sp³-hybridized carbons (Fsp3) is 0.191. The van der Waals surface area contributed by atoms with Gasteiger partial charge in [-0.2, -0.15) is 114 Å². The number of nitrogens with zero attached hydrogens (tertiary/aromatic N) is 34. The third-order valence-corrected chi connectivity index (χ3v) is 37.9. The van der Waals surface area contributed by atoms with E-state index in [1.807, 2.05) is 143 Å². The Hall–Kier alpha value is -12.2. The molecule has 0 saturated heterocycles. The van der Waals surface area contributed by atoms with Crippen molar-refractivity contribution in [2.24, 2.45) is 0 Å². The molecule has 0 atom stereocenters. The number of benzene rings is 4. The number of pyridine rings is 4. The fourth-order valence-corrected chi connectivity index (χ4v) is 24.4. The molecule has 0 N–H and O–H groups in total. The Balaban J connectivity index is 0.000000165. The summed E-state index contributed by atoms with van der Waals surface area (Å²) in [7, 11) is -10.4. The van der Waals surface area contributed by atoms with Crippen molar-refractivity contribution in [3.05, 3.63) is 331 Å². The van der Waals surface area contributed by atoms with Gasteiger partial charge in [0.05, 0.1) is 39.4 Å². The molecule has 20 rings (SSSR count). The van der Waals surface area contributed by atoms with Crippen molar-refractivity contribution < 1.29 is 105 Å². The van der Waals surface area contributed by atoms with E-state index in [9.17, 15) is 0 Å². The van der Waals surface area contributed by atoms with E-state index in [4.69, 9.17) is 19.9 Å². The smallest absolute Gasteiger partial charge is 0.574 e. The van der Waals surface area contributed by atoms with Crippen LogP contribution in [0.25, 0.3) is 69.1 Å². The van der Waals surface area contributed by atoms with Crippen LogP contribution < -0.4 is 62.8 Å². The van der Waals surface area contributed by atoms with Gasteiger partial charge in [0.25, 0.3) is 0 Å². The zero-order valence-electron chi connectivity index (χ0n) is 77.7. The molecule has 708 valence electrons. The standard InChI is InChI=1S/C24H30N8Si.C20H18N4Si.2C18H16N6Si.C14H12N10Si.5Pt/c1-23(2,3)21-25-15-31(29-21)17-11-9-13-19(27-17)33(7,8)20-14-10-12-18(28-20)32-16-26-22(30-32)24(4,5)6;1-25(2,19-9-3-7-17(15-19)23-13-5-11-21-23)20-10-4-8-18(16-20)24-14-6-12-22-24;1-25(2,17-7-3-5-15(9-17)23-13-19-11-21-23)18-8-4-6-16(10-18)24-14-20-12-22-24;1-25(2,17-7-3-5-13(21-17)15-9-11-19-23-15)18-8-4-6-14(22-18)16-10-12-20-24-16;1-25(2,11-3-5-17-13(21-11)23-9-15-7-19-23)12-4-6-18-14(22-12)24-10-16-8-20-24;;;;;/h9-14H,1-8H3;3-14H,1-2H3;3-8,11-14H,1-2H3;3-12H,1-2H3;3-8H,1-2H3;;;;;/q5*-2;5*+2. The van der Waals surface area contributed by atoms with Crippen molar-refractivity contribution in [1.82, 2.24) is 168 Å². The van der Waals surface area contributed by atoms with Crippen LogP contribution in [0.4, 0.5) is 0 Å². The van der Waals surface area contributed by atoms with Crippen molar-refractivity contribution in [3.63, 3.8) is 0 Å². The Labute approximate surface area is 876 Å². The normalized spacial score (nSPS) is 11.5. The van der Waals surface area contributed by atoms with Gasteiger partial charge in [0.15, 0.2) is 24.2 Å². The van der Waals surface area contributed by atoms with Crippen LogP contribution >= 0.6 is 0 Å². The van der Waals surface area contributed by atoms with Crippen LogP contribution in [0.1, 0.15) is 53.2 Å². The van der Waals surface area contributed by atoms with Gasteiger partial charge in [-0.15, -0.1) is 24.3 Å². The second-order valence-electron chi connectivity index (χ2n) is 35.3. The van der Waals surface area contributed by atoms with Crippen molar-refractivity contribution in [2.45, 2.75) is 118 Å². The zero-order valence-corrected chi connectivity index (χ0v) is 94.1. The monoisotopic (exact) mass is 2810 g/mol. The molecule has 34 nitrogen and oxygen atoms in total. The van der Waals surface area contributed by atoms with Crippen LogP contribution in [0.15, 0.2) is 270 Å². The van der Waals surface area contributed by atoms with E-state index >= 15 is 0 Å². The summed E-state index contributed by atoms with van der Waals surface area (Å²) < 4.78 is 13.2. The molecule has 20 aromatic rings. The minimum absolute atomic E-state index is 0. The summed E-state index contributed by atoms with van der Waals surface area (Å²) in [4.78, 5) is 61.6. The molecule has 0 radical (unpaired) electrons. The summed E-state index contributed by atoms with van der Waals surface area (Å²) >= 11 is 0. The van der Waals surface area contributed by atoms with Crippen LogP contribution in [0.2, 0.25) is 65.5 Å². The molecule has 0 aliphatic rings. The maximum Gasteiger partial charge on any atom is 2.00 e. The van der Waals surface area contributed by atoms with E-state index in [-0.39, 0.29) is 116 Å². The fourth-order valence-electron chi connectivity index (χ4n) is 13.8. The first-order valence-corrected chi connectivity index (χ1v) is 57.5. The summed E-state index contributed by atoms with van der Waals surface area (Å²) in [6.07, 6.45) is 34.7. The van der Waals surface area contributed by atoms with Gasteiger partial charge in [-0.25, -0.2) is 39.7 Å². The van der Waals surface area contributed by atoms with Gasteiger partial charge in [0.1, 0.15) is 37.2 Å². The molecule has 16 aromatic heterocycles. The largest absolute Gasteiger partial charge is 2.00 e.